The number of aromatic nitrogens is 4. The van der Waals surface area contributed by atoms with Crippen LogP contribution in [-0.4, -0.2) is 18.8 Å². The number of rotatable bonds is 18. The lowest BCUT2D eigenvalue weighted by atomic mass is 10.0. The second-order valence-corrected chi connectivity index (χ2v) is 21.4. The Kier molecular flexibility index (Phi) is 11.0. The van der Waals surface area contributed by atoms with Crippen molar-refractivity contribution in [2.24, 2.45) is 0 Å². The van der Waals surface area contributed by atoms with Crippen LogP contribution in [0, 0.1) is 0 Å². The number of imidazole rings is 2. The largest absolute Gasteiger partial charge is 0.274 e. The molecule has 6 nitrogen and oxygen atoms in total. The fourth-order valence-electron chi connectivity index (χ4n) is 8.60. The van der Waals surface area contributed by atoms with E-state index in [0.29, 0.717) is 20.7 Å². The lowest BCUT2D eigenvalue weighted by molar-refractivity contribution is 0.609. The number of aryl methyl sites for hydroxylation is 2. The number of fused-ring (bicyclic) bond motifs is 8. The average Bonchev–Trinajstić information content (AvgIpc) is 4.10. The summed E-state index contributed by atoms with van der Waals surface area (Å²) in [6.07, 6.45) is 26.7. The summed E-state index contributed by atoms with van der Waals surface area (Å²) in [5.41, 5.74) is 2.67. The molecule has 10 aromatic rings. The number of hydrogen-bond acceptors (Lipinski definition) is 9. The summed E-state index contributed by atoms with van der Waals surface area (Å²) in [5, 5.41) is 3.44. The zero-order valence-electron chi connectivity index (χ0n) is 33.5. The van der Waals surface area contributed by atoms with Crippen molar-refractivity contribution in [2.45, 2.75) is 104 Å². The molecule has 0 aliphatic rings. The standard InChI is InChI=1S/C48H46N4O2S5/c1-3-5-7-9-11-13-15-29-17-19-31(55-29)21-23-33-27-37-45(57-33)49-43-35-25-26-36-40-39(35)41(47(53)51(37)43)59-42(40)48(54)52-38-28-34(58-46(38)50-44(36)52)24-22-32-20-18-30(56-32)16-14-12-10-8-6-4-2/h17-28H,3-16H2,1-2H3/b23-21+,24-22+. The third kappa shape index (κ3) is 7.26. The number of hydrogen-bond donors (Lipinski definition) is 0. The normalized spacial score (nSPS) is 12.8. The van der Waals surface area contributed by atoms with E-state index in [-0.39, 0.29) is 11.1 Å². The number of benzene rings is 1. The highest BCUT2D eigenvalue weighted by Gasteiger charge is 2.26. The molecule has 0 unspecified atom stereocenters. The van der Waals surface area contributed by atoms with Gasteiger partial charge in [0.15, 0.2) is 0 Å². The first kappa shape index (κ1) is 38.9. The van der Waals surface area contributed by atoms with Crippen molar-refractivity contribution in [1.29, 1.82) is 0 Å². The van der Waals surface area contributed by atoms with Crippen molar-refractivity contribution in [2.75, 3.05) is 0 Å². The number of unbranched alkanes of at least 4 members (excludes halogenated alkanes) is 10. The quantitative estimate of drug-likeness (QED) is 0.0636. The number of thiophene rings is 5. The predicted molar refractivity (Wildman–Crippen MR) is 261 cm³/mol. The summed E-state index contributed by atoms with van der Waals surface area (Å²) >= 11 is 8.25. The molecule has 0 saturated carbocycles. The first-order chi connectivity index (χ1) is 29.0. The summed E-state index contributed by atoms with van der Waals surface area (Å²) in [7, 11) is 0. The highest BCUT2D eigenvalue weighted by atomic mass is 32.1. The van der Waals surface area contributed by atoms with E-state index in [4.69, 9.17) is 9.97 Å². The van der Waals surface area contributed by atoms with Gasteiger partial charge in [-0.2, -0.15) is 0 Å². The van der Waals surface area contributed by atoms with E-state index >= 15 is 0 Å². The van der Waals surface area contributed by atoms with E-state index in [2.05, 4.69) is 86.7 Å². The minimum Gasteiger partial charge on any atom is -0.267 e. The van der Waals surface area contributed by atoms with Crippen LogP contribution in [0.1, 0.15) is 120 Å². The molecule has 0 fully saturated rings. The van der Waals surface area contributed by atoms with Gasteiger partial charge in [0, 0.05) is 50.8 Å². The third-order valence-corrected chi connectivity index (χ3v) is 17.0. The monoisotopic (exact) mass is 870 g/mol. The van der Waals surface area contributed by atoms with Gasteiger partial charge in [0.25, 0.3) is 11.1 Å². The van der Waals surface area contributed by atoms with Crippen molar-refractivity contribution in [1.82, 2.24) is 18.8 Å². The fraction of sp³-hybridized carbons (Fsp3) is 0.333. The Morgan fingerprint density at radius 1 is 0.492 bits per heavy atom. The van der Waals surface area contributed by atoms with Gasteiger partial charge < -0.3 is 0 Å². The summed E-state index contributed by atoms with van der Waals surface area (Å²) in [6.45, 7) is 4.53. The molecule has 10 rings (SSSR count). The molecule has 0 aliphatic heterocycles. The Hall–Kier alpha value is -4.26. The van der Waals surface area contributed by atoms with Crippen LogP contribution in [0.4, 0.5) is 0 Å². The van der Waals surface area contributed by atoms with Crippen molar-refractivity contribution < 1.29 is 0 Å². The molecule has 0 saturated heterocycles. The van der Waals surface area contributed by atoms with Crippen molar-refractivity contribution in [3.05, 3.63) is 98.5 Å². The minimum atomic E-state index is -0.122. The smallest absolute Gasteiger partial charge is 0.267 e. The highest BCUT2D eigenvalue weighted by Crippen LogP contribution is 2.42. The van der Waals surface area contributed by atoms with Crippen LogP contribution in [0.5, 0.6) is 0 Å². The summed E-state index contributed by atoms with van der Waals surface area (Å²) in [6, 6.07) is 17.2. The molecule has 11 heteroatoms. The molecule has 300 valence electrons. The Morgan fingerprint density at radius 3 is 1.37 bits per heavy atom. The molecule has 0 amide bonds. The van der Waals surface area contributed by atoms with E-state index in [9.17, 15) is 9.59 Å². The van der Waals surface area contributed by atoms with Crippen LogP contribution in [-0.2, 0) is 12.8 Å². The molecule has 0 N–H and O–H groups in total. The molecule has 0 radical (unpaired) electrons. The molecular formula is C48H46N4O2S5. The van der Waals surface area contributed by atoms with E-state index in [0.717, 1.165) is 64.8 Å². The summed E-state index contributed by atoms with van der Waals surface area (Å²) < 4.78 is 4.70. The van der Waals surface area contributed by atoms with Gasteiger partial charge >= 0.3 is 0 Å². The highest BCUT2D eigenvalue weighted by molar-refractivity contribution is 7.26. The van der Waals surface area contributed by atoms with Crippen molar-refractivity contribution >= 4 is 144 Å². The maximum absolute atomic E-state index is 14.4. The summed E-state index contributed by atoms with van der Waals surface area (Å²) in [4.78, 5) is 48.0. The Labute approximate surface area is 362 Å². The van der Waals surface area contributed by atoms with Gasteiger partial charge in [-0.25, -0.2) is 9.97 Å². The van der Waals surface area contributed by atoms with Crippen LogP contribution in [0.15, 0.2) is 58.1 Å². The average molecular weight is 871 g/mol. The van der Waals surface area contributed by atoms with Gasteiger partial charge in [-0.15, -0.1) is 56.7 Å². The molecule has 0 spiro atoms. The van der Waals surface area contributed by atoms with Crippen LogP contribution in [0.2, 0.25) is 0 Å². The lowest BCUT2D eigenvalue weighted by Gasteiger charge is -2.05. The van der Waals surface area contributed by atoms with E-state index in [1.54, 1.807) is 31.5 Å². The van der Waals surface area contributed by atoms with Crippen LogP contribution >= 0.6 is 56.7 Å². The van der Waals surface area contributed by atoms with E-state index in [1.807, 2.05) is 22.7 Å². The van der Waals surface area contributed by atoms with Gasteiger partial charge in [-0.1, -0.05) is 78.1 Å². The molecule has 0 aliphatic carbocycles. The third-order valence-electron chi connectivity index (χ3n) is 11.6. The van der Waals surface area contributed by atoms with Gasteiger partial charge in [0.05, 0.1) is 11.0 Å². The zero-order chi connectivity index (χ0) is 40.0. The van der Waals surface area contributed by atoms with E-state index in [1.165, 1.54) is 108 Å². The van der Waals surface area contributed by atoms with Gasteiger partial charge in [-0.3, -0.25) is 18.4 Å². The van der Waals surface area contributed by atoms with Gasteiger partial charge in [-0.05, 0) is 98.5 Å². The Balaban J connectivity index is 0.925. The Bertz CT molecular complexity index is 3060. The maximum Gasteiger partial charge on any atom is 0.274 e. The van der Waals surface area contributed by atoms with Crippen LogP contribution < -0.4 is 11.1 Å². The first-order valence-corrected chi connectivity index (χ1v) is 25.3. The second-order valence-electron chi connectivity index (χ2n) is 15.8. The SMILES string of the molecule is CCCCCCCCc1ccc(/C=C/c2cc3c(nc4c5ccc6c7c(sc(c(=O)n34)c57)c(=O)n3c4cc(/C=C/c5ccc(CCCCCCCC)s5)sc4nc63)s2)s1. The summed E-state index contributed by atoms with van der Waals surface area (Å²) in [5.74, 6) is 0. The van der Waals surface area contributed by atoms with Gasteiger partial charge in [0.1, 0.15) is 30.4 Å². The van der Waals surface area contributed by atoms with Crippen LogP contribution in [0.3, 0.4) is 0 Å². The van der Waals surface area contributed by atoms with Gasteiger partial charge in [0.2, 0.25) is 0 Å². The van der Waals surface area contributed by atoms with Crippen LogP contribution in [0.25, 0.3) is 87.2 Å². The molecule has 0 atom stereocenters. The number of nitrogens with zero attached hydrogens (tertiary/aromatic N) is 4. The topological polar surface area (TPSA) is 68.7 Å². The Morgan fingerprint density at radius 2 is 0.915 bits per heavy atom. The molecule has 0 bridgehead atoms. The molecule has 9 aromatic heterocycles. The fourth-order valence-corrected chi connectivity index (χ4v) is 13.5. The zero-order valence-corrected chi connectivity index (χ0v) is 37.6. The van der Waals surface area contributed by atoms with Crippen molar-refractivity contribution in [3.63, 3.8) is 0 Å². The molecule has 9 heterocycles. The molecular weight excluding hydrogens is 825 g/mol. The lowest BCUT2D eigenvalue weighted by Crippen LogP contribution is -2.12. The number of pyridine rings is 2. The molecule has 59 heavy (non-hydrogen) atoms. The maximum atomic E-state index is 14.4. The minimum absolute atomic E-state index is 0.122. The van der Waals surface area contributed by atoms with E-state index < -0.39 is 0 Å². The predicted octanol–water partition coefficient (Wildman–Crippen LogP) is 14.8. The second kappa shape index (κ2) is 16.7. The van der Waals surface area contributed by atoms with Crippen molar-refractivity contribution in [3.8, 4) is 0 Å². The first-order valence-electron chi connectivity index (χ1n) is 21.3. The molecule has 1 aromatic carbocycles.